The molecule has 0 aromatic heterocycles. The summed E-state index contributed by atoms with van der Waals surface area (Å²) in [6.45, 7) is 11.4. The molecular weight excluding hydrogens is 356 g/mol. The first-order valence-corrected chi connectivity index (χ1v) is 12.1. The zero-order valence-corrected chi connectivity index (χ0v) is 18.6. The van der Waals surface area contributed by atoms with Crippen LogP contribution < -0.4 is 10.4 Å². The van der Waals surface area contributed by atoms with Crippen molar-refractivity contribution in [3.05, 3.63) is 97.6 Å². The molecule has 0 aliphatic carbocycles. The maximum atomic E-state index is 6.87. The van der Waals surface area contributed by atoms with Gasteiger partial charge >= 0.3 is 0 Å². The highest BCUT2D eigenvalue weighted by molar-refractivity contribution is 6.99. The van der Waals surface area contributed by atoms with Crippen molar-refractivity contribution in [3.8, 4) is 0 Å². The summed E-state index contributed by atoms with van der Waals surface area (Å²) < 4.78 is 6.87. The molecular formula is C26H34OSi. The van der Waals surface area contributed by atoms with Crippen LogP contribution >= 0.6 is 0 Å². The number of allylic oxidation sites excluding steroid dienone is 4. The van der Waals surface area contributed by atoms with Crippen molar-refractivity contribution in [3.63, 3.8) is 0 Å². The summed E-state index contributed by atoms with van der Waals surface area (Å²) in [6, 6.07) is 21.6. The van der Waals surface area contributed by atoms with E-state index in [2.05, 4.69) is 112 Å². The summed E-state index contributed by atoms with van der Waals surface area (Å²) in [4.78, 5) is 0. The van der Waals surface area contributed by atoms with Crippen molar-refractivity contribution in [1.29, 1.82) is 0 Å². The molecule has 0 aliphatic rings. The lowest BCUT2D eigenvalue weighted by atomic mass is 10.2. The molecule has 0 spiro atoms. The van der Waals surface area contributed by atoms with Gasteiger partial charge in [0.1, 0.15) is 0 Å². The molecule has 1 nitrogen and oxygen atoms in total. The zero-order valence-electron chi connectivity index (χ0n) is 17.6. The predicted octanol–water partition coefficient (Wildman–Crippen LogP) is 6.03. The SMILES string of the molecule is C=CC/C=C\C/C=C/CCO[Si](c1ccccc1)(c1ccccc1)C(C)(C)C. The van der Waals surface area contributed by atoms with Crippen LogP contribution in [0, 0.1) is 0 Å². The monoisotopic (exact) mass is 390 g/mol. The number of benzene rings is 2. The summed E-state index contributed by atoms with van der Waals surface area (Å²) in [5.74, 6) is 0. The van der Waals surface area contributed by atoms with Gasteiger partial charge in [0, 0.05) is 6.61 Å². The Kier molecular flexibility index (Phi) is 8.68. The second kappa shape index (κ2) is 11.0. The third-order valence-corrected chi connectivity index (χ3v) is 9.97. The summed E-state index contributed by atoms with van der Waals surface area (Å²) in [6.07, 6.45) is 13.5. The Morgan fingerprint density at radius 3 is 1.79 bits per heavy atom. The molecule has 0 aliphatic heterocycles. The number of rotatable bonds is 10. The van der Waals surface area contributed by atoms with Crippen LogP contribution in [0.4, 0.5) is 0 Å². The van der Waals surface area contributed by atoms with Crippen molar-refractivity contribution in [2.45, 2.75) is 45.1 Å². The van der Waals surface area contributed by atoms with Crippen molar-refractivity contribution >= 4 is 18.7 Å². The molecule has 0 radical (unpaired) electrons. The fourth-order valence-electron chi connectivity index (χ4n) is 3.62. The van der Waals surface area contributed by atoms with E-state index in [0.717, 1.165) is 25.9 Å². The van der Waals surface area contributed by atoms with Crippen LogP contribution in [0.15, 0.2) is 97.6 Å². The van der Waals surface area contributed by atoms with Gasteiger partial charge in [0.15, 0.2) is 0 Å². The lowest BCUT2D eigenvalue weighted by Gasteiger charge is -2.43. The van der Waals surface area contributed by atoms with Crippen molar-refractivity contribution < 1.29 is 4.43 Å². The van der Waals surface area contributed by atoms with E-state index in [4.69, 9.17) is 4.43 Å². The van der Waals surface area contributed by atoms with Gasteiger partial charge in [-0.15, -0.1) is 6.58 Å². The van der Waals surface area contributed by atoms with Crippen LogP contribution in [0.3, 0.4) is 0 Å². The summed E-state index contributed by atoms with van der Waals surface area (Å²) in [5.41, 5.74) is 0. The Morgan fingerprint density at radius 1 is 0.786 bits per heavy atom. The van der Waals surface area contributed by atoms with Crippen LogP contribution in [0.1, 0.15) is 40.0 Å². The second-order valence-electron chi connectivity index (χ2n) is 8.00. The molecule has 0 amide bonds. The van der Waals surface area contributed by atoms with Gasteiger partial charge in [-0.3, -0.25) is 0 Å². The summed E-state index contributed by atoms with van der Waals surface area (Å²) >= 11 is 0. The van der Waals surface area contributed by atoms with Gasteiger partial charge in [0.2, 0.25) is 0 Å². The smallest absolute Gasteiger partial charge is 0.261 e. The van der Waals surface area contributed by atoms with E-state index in [-0.39, 0.29) is 5.04 Å². The molecule has 0 saturated heterocycles. The minimum absolute atomic E-state index is 0.0346. The molecule has 0 saturated carbocycles. The topological polar surface area (TPSA) is 9.23 Å². The minimum Gasteiger partial charge on any atom is -0.407 e. The second-order valence-corrected chi connectivity index (χ2v) is 12.3. The molecule has 2 heteroatoms. The van der Waals surface area contributed by atoms with E-state index < -0.39 is 8.32 Å². The van der Waals surface area contributed by atoms with E-state index in [0.29, 0.717) is 0 Å². The van der Waals surface area contributed by atoms with Gasteiger partial charge in [-0.25, -0.2) is 0 Å². The van der Waals surface area contributed by atoms with Crippen LogP contribution in [0.2, 0.25) is 5.04 Å². The summed E-state index contributed by atoms with van der Waals surface area (Å²) in [7, 11) is -2.39. The molecule has 2 aromatic carbocycles. The minimum atomic E-state index is -2.39. The first-order valence-electron chi connectivity index (χ1n) is 10.2. The largest absolute Gasteiger partial charge is 0.407 e. The van der Waals surface area contributed by atoms with Gasteiger partial charge in [-0.2, -0.15) is 0 Å². The lowest BCUT2D eigenvalue weighted by Crippen LogP contribution is -2.66. The number of hydrogen-bond donors (Lipinski definition) is 0. The predicted molar refractivity (Wildman–Crippen MR) is 126 cm³/mol. The normalized spacial score (nSPS) is 12.7. The molecule has 28 heavy (non-hydrogen) atoms. The molecule has 0 fully saturated rings. The third-order valence-electron chi connectivity index (χ3n) is 4.93. The highest BCUT2D eigenvalue weighted by Crippen LogP contribution is 2.36. The Labute approximate surface area is 172 Å². The fraction of sp³-hybridized carbons (Fsp3) is 0.308. The first kappa shape index (κ1) is 22.1. The maximum absolute atomic E-state index is 6.87. The van der Waals surface area contributed by atoms with E-state index >= 15 is 0 Å². The molecule has 0 unspecified atom stereocenters. The molecule has 0 atom stereocenters. The first-order chi connectivity index (χ1) is 13.5. The highest BCUT2D eigenvalue weighted by atomic mass is 28.4. The standard InChI is InChI=1S/C26H34OSi/c1-5-6-7-8-9-10-11-18-23-27-28(26(2,3)4,24-19-14-12-15-20-24)25-21-16-13-17-22-25/h5,7-8,10-17,19-22H,1,6,9,18,23H2,2-4H3/b8-7-,11-10+. The van der Waals surface area contributed by atoms with Crippen LogP contribution in [0.25, 0.3) is 0 Å². The zero-order chi connectivity index (χ0) is 20.3. The Balaban J connectivity index is 2.20. The molecule has 148 valence electrons. The van der Waals surface area contributed by atoms with Gasteiger partial charge in [0.05, 0.1) is 0 Å². The average molecular weight is 391 g/mol. The Hall–Kier alpha value is -2.16. The van der Waals surface area contributed by atoms with Crippen LogP contribution in [-0.4, -0.2) is 14.9 Å². The van der Waals surface area contributed by atoms with Gasteiger partial charge in [-0.05, 0) is 34.7 Å². The molecule has 2 rings (SSSR count). The Bertz CT molecular complexity index is 715. The van der Waals surface area contributed by atoms with Gasteiger partial charge in [0.25, 0.3) is 8.32 Å². The molecule has 0 N–H and O–H groups in total. The fourth-order valence-corrected chi connectivity index (χ4v) is 8.20. The van der Waals surface area contributed by atoms with Crippen molar-refractivity contribution in [2.75, 3.05) is 6.61 Å². The molecule has 0 heterocycles. The quantitative estimate of drug-likeness (QED) is 0.273. The maximum Gasteiger partial charge on any atom is 0.261 e. The van der Waals surface area contributed by atoms with Crippen LogP contribution in [-0.2, 0) is 4.43 Å². The molecule has 2 aromatic rings. The number of hydrogen-bond acceptors (Lipinski definition) is 1. The van der Waals surface area contributed by atoms with Crippen LogP contribution in [0.5, 0.6) is 0 Å². The lowest BCUT2D eigenvalue weighted by molar-refractivity contribution is 0.304. The van der Waals surface area contributed by atoms with E-state index in [1.165, 1.54) is 10.4 Å². The third kappa shape index (κ3) is 5.67. The van der Waals surface area contributed by atoms with Gasteiger partial charge < -0.3 is 4.43 Å². The van der Waals surface area contributed by atoms with E-state index in [1.807, 2.05) is 6.08 Å². The van der Waals surface area contributed by atoms with E-state index in [9.17, 15) is 0 Å². The van der Waals surface area contributed by atoms with Crippen molar-refractivity contribution in [2.24, 2.45) is 0 Å². The average Bonchev–Trinajstić information content (AvgIpc) is 2.70. The summed E-state index contributed by atoms with van der Waals surface area (Å²) in [5, 5.41) is 2.71. The van der Waals surface area contributed by atoms with E-state index in [1.54, 1.807) is 0 Å². The molecule has 0 bridgehead atoms. The Morgan fingerprint density at radius 2 is 1.29 bits per heavy atom. The van der Waals surface area contributed by atoms with Crippen molar-refractivity contribution in [1.82, 2.24) is 0 Å². The van der Waals surface area contributed by atoms with Gasteiger partial charge in [-0.1, -0.05) is 112 Å². The highest BCUT2D eigenvalue weighted by Gasteiger charge is 2.49.